The first-order valence-corrected chi connectivity index (χ1v) is 7.46. The van der Waals surface area contributed by atoms with E-state index in [9.17, 15) is 5.21 Å². The highest BCUT2D eigenvalue weighted by Gasteiger charge is 2.44. The van der Waals surface area contributed by atoms with Gasteiger partial charge >= 0.3 is 0 Å². The summed E-state index contributed by atoms with van der Waals surface area (Å²) in [5.74, 6) is 1.21. The van der Waals surface area contributed by atoms with Crippen molar-refractivity contribution in [3.63, 3.8) is 0 Å². The molecule has 2 aliphatic carbocycles. The Hall–Kier alpha value is -0.280. The van der Waals surface area contributed by atoms with Crippen LogP contribution in [0, 0.1) is 11.8 Å². The van der Waals surface area contributed by atoms with Gasteiger partial charge < -0.3 is 22.5 Å². The number of oxime groups is 1. The van der Waals surface area contributed by atoms with Crippen LogP contribution in [0.1, 0.15) is 51.4 Å². The van der Waals surface area contributed by atoms with Crippen molar-refractivity contribution in [1.82, 2.24) is 0 Å². The van der Waals surface area contributed by atoms with Crippen LogP contribution >= 0.6 is 0 Å². The zero-order valence-corrected chi connectivity index (χ0v) is 11.8. The minimum Gasteiger partial charge on any atom is -1.00 e. The Balaban J connectivity index is 0.00000120. The second-order valence-electron chi connectivity index (χ2n) is 6.16. The van der Waals surface area contributed by atoms with E-state index in [2.05, 4.69) is 5.16 Å². The van der Waals surface area contributed by atoms with Crippen molar-refractivity contribution in [3.8, 4) is 0 Å². The van der Waals surface area contributed by atoms with Gasteiger partial charge in [0.15, 0.2) is 0 Å². The summed E-state index contributed by atoms with van der Waals surface area (Å²) in [6.07, 6.45) is 10.7. The van der Waals surface area contributed by atoms with Gasteiger partial charge in [-0.15, -0.1) is 0 Å². The molecule has 4 heteroatoms. The van der Waals surface area contributed by atoms with E-state index in [1.807, 2.05) is 4.90 Å². The molecule has 3 nitrogen and oxygen atoms in total. The molecule has 1 heterocycles. The molecule has 3 atom stereocenters. The fourth-order valence-electron chi connectivity index (χ4n) is 4.49. The molecular formula is C14H25ClN2O. The van der Waals surface area contributed by atoms with E-state index in [1.54, 1.807) is 0 Å². The summed E-state index contributed by atoms with van der Waals surface area (Å²) in [7, 11) is 0. The zero-order valence-electron chi connectivity index (χ0n) is 11.1. The highest BCUT2D eigenvalue weighted by atomic mass is 35.5. The van der Waals surface area contributed by atoms with Crippen LogP contribution in [-0.4, -0.2) is 30.1 Å². The number of fused-ring (bicyclic) bond motifs is 2. The lowest BCUT2D eigenvalue weighted by Crippen LogP contribution is -3.17. The third-order valence-corrected chi connectivity index (χ3v) is 5.31. The summed E-state index contributed by atoms with van der Waals surface area (Å²) in [4.78, 5) is 1.81. The molecule has 3 fully saturated rings. The lowest BCUT2D eigenvalue weighted by molar-refractivity contribution is -0.933. The van der Waals surface area contributed by atoms with Crippen LogP contribution in [0.25, 0.3) is 0 Å². The van der Waals surface area contributed by atoms with Crippen LogP contribution in [0.3, 0.4) is 0 Å². The van der Waals surface area contributed by atoms with Crippen LogP contribution in [0.4, 0.5) is 0 Å². The molecule has 1 aliphatic heterocycles. The molecule has 3 rings (SSSR count). The highest BCUT2D eigenvalue weighted by Crippen LogP contribution is 2.37. The van der Waals surface area contributed by atoms with E-state index < -0.39 is 0 Å². The molecule has 3 unspecified atom stereocenters. The maximum atomic E-state index is 9.29. The van der Waals surface area contributed by atoms with Crippen molar-refractivity contribution >= 4 is 5.71 Å². The Labute approximate surface area is 116 Å². The molecule has 3 aliphatic rings. The Bertz CT molecular complexity index is 302. The molecule has 104 valence electrons. The molecule has 1 saturated heterocycles. The quantitative estimate of drug-likeness (QED) is 0.441. The number of hydrogen-bond acceptors (Lipinski definition) is 2. The topological polar surface area (TPSA) is 37.0 Å². The van der Waals surface area contributed by atoms with Gasteiger partial charge in [0.05, 0.1) is 30.8 Å². The van der Waals surface area contributed by atoms with E-state index in [0.717, 1.165) is 11.8 Å². The number of likely N-dealkylation sites (tertiary alicyclic amines) is 1. The zero-order chi connectivity index (χ0) is 11.7. The van der Waals surface area contributed by atoms with Crippen LogP contribution < -0.4 is 17.3 Å². The Morgan fingerprint density at radius 1 is 0.944 bits per heavy atom. The average molecular weight is 273 g/mol. The van der Waals surface area contributed by atoms with Gasteiger partial charge in [0.1, 0.15) is 0 Å². The first-order chi connectivity index (χ1) is 8.40. The van der Waals surface area contributed by atoms with Crippen molar-refractivity contribution in [2.45, 2.75) is 57.4 Å². The van der Waals surface area contributed by atoms with Gasteiger partial charge in [-0.2, -0.15) is 0 Å². The molecule has 0 radical (unpaired) electrons. The van der Waals surface area contributed by atoms with E-state index in [-0.39, 0.29) is 12.4 Å². The largest absolute Gasteiger partial charge is 1.00 e. The molecule has 0 aromatic carbocycles. The smallest absolute Gasteiger partial charge is 0.0957 e. The Kier molecular flexibility index (Phi) is 4.91. The summed E-state index contributed by atoms with van der Waals surface area (Å²) in [6.45, 7) is 2.70. The van der Waals surface area contributed by atoms with Gasteiger partial charge in [-0.1, -0.05) is 11.6 Å². The third-order valence-electron chi connectivity index (χ3n) is 5.31. The van der Waals surface area contributed by atoms with E-state index in [4.69, 9.17) is 0 Å². The first-order valence-electron chi connectivity index (χ1n) is 7.46. The van der Waals surface area contributed by atoms with Gasteiger partial charge in [-0.25, -0.2) is 0 Å². The molecule has 2 saturated carbocycles. The molecule has 0 aromatic heterocycles. The van der Waals surface area contributed by atoms with Crippen molar-refractivity contribution < 1.29 is 22.5 Å². The Morgan fingerprint density at radius 3 is 2.44 bits per heavy atom. The predicted molar refractivity (Wildman–Crippen MR) is 67.6 cm³/mol. The fourth-order valence-corrected chi connectivity index (χ4v) is 4.49. The SMILES string of the molecule is O/N=C1\C2CCCC1C([NH+]1CCCCC1)CC2.[Cl-]. The Morgan fingerprint density at radius 2 is 1.72 bits per heavy atom. The number of piperidine rings is 1. The number of nitrogens with one attached hydrogen (secondary N) is 1. The summed E-state index contributed by atoms with van der Waals surface area (Å²) >= 11 is 0. The van der Waals surface area contributed by atoms with E-state index in [1.165, 1.54) is 64.5 Å². The second-order valence-corrected chi connectivity index (χ2v) is 6.16. The molecular weight excluding hydrogens is 248 g/mol. The number of rotatable bonds is 1. The van der Waals surface area contributed by atoms with Crippen LogP contribution in [0.2, 0.25) is 0 Å². The first kappa shape index (κ1) is 14.1. The number of quaternary nitrogens is 1. The lowest BCUT2D eigenvalue weighted by atomic mass is 9.67. The van der Waals surface area contributed by atoms with Crippen LogP contribution in [0.5, 0.6) is 0 Å². The lowest BCUT2D eigenvalue weighted by Gasteiger charge is -2.44. The molecule has 0 amide bonds. The number of hydrogen-bond donors (Lipinski definition) is 2. The number of nitrogens with zero attached hydrogens (tertiary/aromatic N) is 1. The van der Waals surface area contributed by atoms with Crippen molar-refractivity contribution in [2.75, 3.05) is 13.1 Å². The van der Waals surface area contributed by atoms with Gasteiger partial charge in [0.2, 0.25) is 0 Å². The summed E-state index contributed by atoms with van der Waals surface area (Å²) in [6, 6.07) is 0.762. The minimum absolute atomic E-state index is 0. The van der Waals surface area contributed by atoms with Gasteiger partial charge in [0, 0.05) is 12.3 Å². The monoisotopic (exact) mass is 272 g/mol. The standard InChI is InChI=1S/C14H24N2O.ClH/c17-15-14-11-5-4-6-12(14)13(8-7-11)16-9-2-1-3-10-16;/h11-13,17H,1-10H2;1H/b15-14+;. The summed E-state index contributed by atoms with van der Waals surface area (Å²) in [5, 5.41) is 13.0. The van der Waals surface area contributed by atoms with Gasteiger partial charge in [-0.3, -0.25) is 0 Å². The fraction of sp³-hybridized carbons (Fsp3) is 0.929. The van der Waals surface area contributed by atoms with E-state index in [0.29, 0.717) is 11.8 Å². The van der Waals surface area contributed by atoms with E-state index >= 15 is 0 Å². The number of halogens is 1. The van der Waals surface area contributed by atoms with Gasteiger partial charge in [-0.05, 0) is 38.5 Å². The normalized spacial score (nSPS) is 39.3. The third kappa shape index (κ3) is 2.53. The highest BCUT2D eigenvalue weighted by molar-refractivity contribution is 5.90. The maximum absolute atomic E-state index is 9.29. The summed E-state index contributed by atoms with van der Waals surface area (Å²) < 4.78 is 0. The van der Waals surface area contributed by atoms with Crippen molar-refractivity contribution in [1.29, 1.82) is 0 Å². The van der Waals surface area contributed by atoms with Crippen molar-refractivity contribution in [3.05, 3.63) is 0 Å². The summed E-state index contributed by atoms with van der Waals surface area (Å²) in [5.41, 5.74) is 1.16. The van der Waals surface area contributed by atoms with Gasteiger partial charge in [0.25, 0.3) is 0 Å². The molecule has 18 heavy (non-hydrogen) atoms. The molecule has 0 aromatic rings. The second kappa shape index (κ2) is 6.25. The molecule has 2 N–H and O–H groups in total. The average Bonchev–Trinajstić information content (AvgIpc) is 2.39. The van der Waals surface area contributed by atoms with Crippen LogP contribution in [-0.2, 0) is 0 Å². The van der Waals surface area contributed by atoms with Crippen molar-refractivity contribution in [2.24, 2.45) is 17.0 Å². The minimum atomic E-state index is 0. The molecule has 0 spiro atoms. The molecule has 2 bridgehead atoms. The maximum Gasteiger partial charge on any atom is 0.0957 e. The van der Waals surface area contributed by atoms with Crippen LogP contribution in [0.15, 0.2) is 5.16 Å². The predicted octanol–water partition coefficient (Wildman–Crippen LogP) is -1.53.